The van der Waals surface area contributed by atoms with Crippen LogP contribution in [0.5, 0.6) is 5.75 Å². The first-order valence-corrected chi connectivity index (χ1v) is 8.30. The zero-order chi connectivity index (χ0) is 14.1. The third-order valence-electron chi connectivity index (χ3n) is 3.08. The maximum atomic E-state index is 6.06. The van der Waals surface area contributed by atoms with Crippen molar-refractivity contribution in [3.63, 3.8) is 0 Å². The van der Waals surface area contributed by atoms with E-state index in [0.29, 0.717) is 0 Å². The molecule has 1 rings (SSSR count). The van der Waals surface area contributed by atoms with Crippen LogP contribution in [0, 0.1) is 6.92 Å². The molecular weight excluding hydrogens is 235 g/mol. The number of hydrogen-bond donors (Lipinski definition) is 0. The van der Waals surface area contributed by atoms with E-state index in [4.69, 9.17) is 3.79 Å². The molecule has 1 aromatic carbocycles. The van der Waals surface area contributed by atoms with Crippen molar-refractivity contribution in [3.8, 4) is 5.75 Å². The average Bonchev–Trinajstić information content (AvgIpc) is 2.17. The highest BCUT2D eigenvalue weighted by Gasteiger charge is 2.26. The van der Waals surface area contributed by atoms with Gasteiger partial charge in [0.25, 0.3) is 0 Å². The minimum absolute atomic E-state index is 0.0138. The highest BCUT2D eigenvalue weighted by Crippen LogP contribution is 2.40. The van der Waals surface area contributed by atoms with Gasteiger partial charge in [-0.15, -0.1) is 0 Å². The van der Waals surface area contributed by atoms with Gasteiger partial charge in [0.15, 0.2) is 0 Å². The number of hydrogen-bond acceptors (Lipinski definition) is 1. The smallest absolute Gasteiger partial charge is 0.519 e. The molecule has 0 N–H and O–H groups in total. The second-order valence-corrected chi connectivity index (χ2v) is 7.75. The summed E-state index contributed by atoms with van der Waals surface area (Å²) >= 11 is 0.0138. The quantitative estimate of drug-likeness (QED) is 0.705. The molecular formula is C16H26AlO. The molecule has 1 aromatic rings. The van der Waals surface area contributed by atoms with E-state index in [1.165, 1.54) is 16.7 Å². The Bertz CT molecular complexity index is 387. The summed E-state index contributed by atoms with van der Waals surface area (Å²) in [4.78, 5) is 0. The Morgan fingerprint density at radius 1 is 0.889 bits per heavy atom. The van der Waals surface area contributed by atoms with Gasteiger partial charge in [0.05, 0.1) is 5.75 Å². The van der Waals surface area contributed by atoms with Gasteiger partial charge in [-0.3, -0.25) is 0 Å². The molecule has 0 aliphatic carbocycles. The fourth-order valence-corrected chi connectivity index (χ4v) is 2.62. The predicted octanol–water partition coefficient (Wildman–Crippen LogP) is 4.64. The molecule has 0 aliphatic rings. The van der Waals surface area contributed by atoms with Crippen molar-refractivity contribution in [2.24, 2.45) is 0 Å². The lowest BCUT2D eigenvalue weighted by molar-refractivity contribution is 0.494. The van der Waals surface area contributed by atoms with Crippen LogP contribution in [-0.2, 0) is 10.8 Å². The zero-order valence-corrected chi connectivity index (χ0v) is 14.3. The molecule has 0 amide bonds. The summed E-state index contributed by atoms with van der Waals surface area (Å²) in [7, 11) is 0. The molecule has 18 heavy (non-hydrogen) atoms. The normalized spacial score (nSPS) is 12.4. The fourth-order valence-electron chi connectivity index (χ4n) is 2.13. The first-order valence-electron chi connectivity index (χ1n) is 6.67. The first-order chi connectivity index (χ1) is 8.07. The summed E-state index contributed by atoms with van der Waals surface area (Å²) in [6, 6.07) is 4.55. The van der Waals surface area contributed by atoms with Crippen LogP contribution in [0.1, 0.15) is 58.2 Å². The van der Waals surface area contributed by atoms with Crippen molar-refractivity contribution in [3.05, 3.63) is 28.8 Å². The Kier molecular flexibility index (Phi) is 4.57. The second kappa shape index (κ2) is 5.27. The van der Waals surface area contributed by atoms with E-state index in [-0.39, 0.29) is 26.4 Å². The van der Waals surface area contributed by atoms with Crippen LogP contribution >= 0.6 is 0 Å². The zero-order valence-electron chi connectivity index (χ0n) is 13.1. The Hall–Kier alpha value is -0.448. The SMILES string of the molecule is [CH3][Al][O]c1c(C(C)(C)C)cc(C)cc1C(C)(C)C. The van der Waals surface area contributed by atoms with E-state index in [1.54, 1.807) is 0 Å². The van der Waals surface area contributed by atoms with Gasteiger partial charge in [0, 0.05) is 0 Å². The third kappa shape index (κ3) is 3.53. The fraction of sp³-hybridized carbons (Fsp3) is 0.625. The van der Waals surface area contributed by atoms with Crippen LogP contribution in [0.4, 0.5) is 0 Å². The van der Waals surface area contributed by atoms with E-state index in [9.17, 15) is 0 Å². The predicted molar refractivity (Wildman–Crippen MR) is 80.8 cm³/mol. The molecule has 99 valence electrons. The van der Waals surface area contributed by atoms with Crippen LogP contribution in [0.15, 0.2) is 12.1 Å². The molecule has 0 unspecified atom stereocenters. The summed E-state index contributed by atoms with van der Waals surface area (Å²) in [6.45, 7) is 15.7. The van der Waals surface area contributed by atoms with Crippen LogP contribution in [0.25, 0.3) is 0 Å². The third-order valence-corrected chi connectivity index (χ3v) is 3.56. The van der Waals surface area contributed by atoms with Crippen LogP contribution in [0.2, 0.25) is 5.79 Å². The molecule has 0 saturated carbocycles. The van der Waals surface area contributed by atoms with Crippen molar-refractivity contribution in [2.75, 3.05) is 0 Å². The van der Waals surface area contributed by atoms with E-state index in [0.717, 1.165) is 5.75 Å². The lowest BCUT2D eigenvalue weighted by Gasteiger charge is -2.31. The van der Waals surface area contributed by atoms with Crippen molar-refractivity contribution in [1.29, 1.82) is 0 Å². The molecule has 0 spiro atoms. The minimum Gasteiger partial charge on any atom is -0.648 e. The van der Waals surface area contributed by atoms with E-state index >= 15 is 0 Å². The average molecular weight is 261 g/mol. The number of rotatable bonds is 2. The lowest BCUT2D eigenvalue weighted by atomic mass is 9.78. The molecule has 1 radical (unpaired) electrons. The Morgan fingerprint density at radius 2 is 1.28 bits per heavy atom. The standard InChI is InChI=1S/C15H24O.CH3.Al/c1-10-8-11(14(2,3)4)13(16)12(9-10)15(5,6)7;;/h8-9,16H,1-7H3;1H3;/q;;+1/p-1. The maximum Gasteiger partial charge on any atom is 0.519 e. The molecule has 0 saturated heterocycles. The second-order valence-electron chi connectivity index (χ2n) is 7.04. The minimum atomic E-state index is 0.0138. The monoisotopic (exact) mass is 261 g/mol. The summed E-state index contributed by atoms with van der Waals surface area (Å²) in [6.07, 6.45) is 0. The van der Waals surface area contributed by atoms with Gasteiger partial charge in [0.2, 0.25) is 0 Å². The van der Waals surface area contributed by atoms with Crippen molar-refractivity contribution >= 4 is 15.6 Å². The first kappa shape index (κ1) is 15.6. The van der Waals surface area contributed by atoms with Crippen molar-refractivity contribution < 1.29 is 3.79 Å². The molecule has 0 bridgehead atoms. The van der Waals surface area contributed by atoms with Gasteiger partial charge < -0.3 is 3.79 Å². The highest BCUT2D eigenvalue weighted by molar-refractivity contribution is 6.26. The molecule has 0 fully saturated rings. The van der Waals surface area contributed by atoms with Gasteiger partial charge in [-0.05, 0) is 28.9 Å². The summed E-state index contributed by atoms with van der Waals surface area (Å²) in [5, 5.41) is 0. The maximum absolute atomic E-state index is 6.06. The molecule has 1 nitrogen and oxygen atoms in total. The largest absolute Gasteiger partial charge is 0.648 e. The van der Waals surface area contributed by atoms with E-state index in [2.05, 4.69) is 66.4 Å². The lowest BCUT2D eigenvalue weighted by Crippen LogP contribution is -2.20. The topological polar surface area (TPSA) is 9.23 Å². The van der Waals surface area contributed by atoms with Crippen molar-refractivity contribution in [1.82, 2.24) is 0 Å². The number of aryl methyl sites for hydroxylation is 1. The van der Waals surface area contributed by atoms with Gasteiger partial charge in [-0.1, -0.05) is 65.0 Å². The Balaban J connectivity index is 3.56. The highest BCUT2D eigenvalue weighted by atomic mass is 27.1. The van der Waals surface area contributed by atoms with Gasteiger partial charge in [-0.2, -0.15) is 0 Å². The van der Waals surface area contributed by atoms with Crippen LogP contribution in [-0.4, -0.2) is 15.6 Å². The summed E-state index contributed by atoms with van der Waals surface area (Å²) in [5.74, 6) is 3.26. The summed E-state index contributed by atoms with van der Waals surface area (Å²) < 4.78 is 6.06. The summed E-state index contributed by atoms with van der Waals surface area (Å²) in [5.41, 5.74) is 4.23. The van der Waals surface area contributed by atoms with Crippen LogP contribution < -0.4 is 3.79 Å². The molecule has 0 aromatic heterocycles. The Morgan fingerprint density at radius 3 is 1.56 bits per heavy atom. The van der Waals surface area contributed by atoms with Gasteiger partial charge >= 0.3 is 15.6 Å². The van der Waals surface area contributed by atoms with Gasteiger partial charge in [-0.25, -0.2) is 0 Å². The van der Waals surface area contributed by atoms with Crippen molar-refractivity contribution in [2.45, 2.75) is 65.1 Å². The Labute approximate surface area is 119 Å². The number of benzene rings is 1. The van der Waals surface area contributed by atoms with E-state index < -0.39 is 0 Å². The van der Waals surface area contributed by atoms with Crippen LogP contribution in [0.3, 0.4) is 0 Å². The molecule has 0 heterocycles. The molecule has 0 atom stereocenters. The molecule has 0 aliphatic heterocycles. The van der Waals surface area contributed by atoms with E-state index in [1.807, 2.05) is 0 Å². The molecule has 2 heteroatoms. The van der Waals surface area contributed by atoms with Gasteiger partial charge in [0.1, 0.15) is 0 Å².